The topological polar surface area (TPSA) is 64.4 Å². The third-order valence-electron chi connectivity index (χ3n) is 3.40. The molecule has 0 aromatic heterocycles. The summed E-state index contributed by atoms with van der Waals surface area (Å²) < 4.78 is 0. The van der Waals surface area contributed by atoms with Gasteiger partial charge in [0.1, 0.15) is 12.6 Å². The summed E-state index contributed by atoms with van der Waals surface area (Å²) in [5.74, 6) is 0.0294. The third kappa shape index (κ3) is 3.69. The first-order chi connectivity index (χ1) is 9.02. The fraction of sp³-hybridized carbons (Fsp3) is 0.786. The van der Waals surface area contributed by atoms with E-state index in [2.05, 4.69) is 0 Å². The van der Waals surface area contributed by atoms with Gasteiger partial charge >= 0.3 is 0 Å². The lowest BCUT2D eigenvalue weighted by Crippen LogP contribution is -2.52. The van der Waals surface area contributed by atoms with Gasteiger partial charge in [-0.3, -0.25) is 9.59 Å². The maximum atomic E-state index is 12.6. The minimum Gasteiger partial charge on any atom is -0.330 e. The van der Waals surface area contributed by atoms with E-state index in [-0.39, 0.29) is 24.3 Å². The molecular formula is C14H23N3O2. The quantitative estimate of drug-likeness (QED) is 0.682. The normalized spacial score (nSPS) is 16.6. The SMILES string of the molecule is CCCN(CC#N)C(=O)[C@H](C(C)C)N1CCCC1=O. The predicted molar refractivity (Wildman–Crippen MR) is 72.1 cm³/mol. The van der Waals surface area contributed by atoms with Crippen molar-refractivity contribution in [1.82, 2.24) is 9.80 Å². The summed E-state index contributed by atoms with van der Waals surface area (Å²) >= 11 is 0. The number of nitriles is 1. The van der Waals surface area contributed by atoms with Crippen LogP contribution in [0.15, 0.2) is 0 Å². The molecule has 1 atom stereocenters. The van der Waals surface area contributed by atoms with Crippen LogP contribution in [0.5, 0.6) is 0 Å². The number of carbonyl (C=O) groups is 2. The zero-order valence-electron chi connectivity index (χ0n) is 12.1. The van der Waals surface area contributed by atoms with Crippen LogP contribution in [0.2, 0.25) is 0 Å². The first-order valence-electron chi connectivity index (χ1n) is 6.98. The first-order valence-corrected chi connectivity index (χ1v) is 6.98. The molecule has 0 radical (unpaired) electrons. The molecule has 0 aliphatic carbocycles. The smallest absolute Gasteiger partial charge is 0.246 e. The second-order valence-electron chi connectivity index (χ2n) is 5.30. The summed E-state index contributed by atoms with van der Waals surface area (Å²) in [6.07, 6.45) is 2.16. The number of amides is 2. The van der Waals surface area contributed by atoms with Crippen molar-refractivity contribution in [3.63, 3.8) is 0 Å². The molecule has 0 bridgehead atoms. The standard InChI is InChI=1S/C14H23N3O2/c1-4-8-16(10-7-15)14(19)13(11(2)3)17-9-5-6-12(17)18/h11,13H,4-6,8-10H2,1-3H3/t13-/m0/s1. The number of nitrogens with zero attached hydrogens (tertiary/aromatic N) is 3. The molecule has 0 aromatic rings. The van der Waals surface area contributed by atoms with Crippen molar-refractivity contribution in [1.29, 1.82) is 5.26 Å². The van der Waals surface area contributed by atoms with Gasteiger partial charge in [-0.1, -0.05) is 20.8 Å². The molecule has 2 amide bonds. The summed E-state index contributed by atoms with van der Waals surface area (Å²) in [7, 11) is 0. The molecule has 5 heteroatoms. The minimum atomic E-state index is -0.421. The Morgan fingerprint density at radius 3 is 2.63 bits per heavy atom. The van der Waals surface area contributed by atoms with Crippen molar-refractivity contribution in [2.45, 2.75) is 46.1 Å². The molecule has 0 saturated carbocycles. The van der Waals surface area contributed by atoms with Crippen LogP contribution >= 0.6 is 0 Å². The highest BCUT2D eigenvalue weighted by molar-refractivity contribution is 5.89. The summed E-state index contributed by atoms with van der Waals surface area (Å²) in [6, 6.07) is 1.61. The Bertz CT molecular complexity index is 373. The second kappa shape index (κ2) is 7.13. The van der Waals surface area contributed by atoms with E-state index < -0.39 is 6.04 Å². The Morgan fingerprint density at radius 1 is 1.53 bits per heavy atom. The number of carbonyl (C=O) groups excluding carboxylic acids is 2. The first kappa shape index (κ1) is 15.5. The predicted octanol–water partition coefficient (Wildman–Crippen LogP) is 1.40. The maximum absolute atomic E-state index is 12.6. The molecule has 0 N–H and O–H groups in total. The van der Waals surface area contributed by atoms with Crippen molar-refractivity contribution in [2.24, 2.45) is 5.92 Å². The summed E-state index contributed by atoms with van der Waals surface area (Å²) in [4.78, 5) is 27.7. The molecule has 1 saturated heterocycles. The van der Waals surface area contributed by atoms with Crippen molar-refractivity contribution in [2.75, 3.05) is 19.6 Å². The molecular weight excluding hydrogens is 242 g/mol. The molecule has 0 unspecified atom stereocenters. The van der Waals surface area contributed by atoms with Crippen LogP contribution in [0.4, 0.5) is 0 Å². The van der Waals surface area contributed by atoms with E-state index in [1.54, 1.807) is 9.80 Å². The van der Waals surface area contributed by atoms with Gasteiger partial charge in [-0.15, -0.1) is 0 Å². The van der Waals surface area contributed by atoms with Crippen molar-refractivity contribution < 1.29 is 9.59 Å². The summed E-state index contributed by atoms with van der Waals surface area (Å²) in [5, 5.41) is 8.83. The number of likely N-dealkylation sites (tertiary alicyclic amines) is 1. The molecule has 1 aliphatic heterocycles. The third-order valence-corrected chi connectivity index (χ3v) is 3.40. The van der Waals surface area contributed by atoms with Crippen molar-refractivity contribution >= 4 is 11.8 Å². The molecule has 0 spiro atoms. The van der Waals surface area contributed by atoms with Crippen LogP contribution in [0.3, 0.4) is 0 Å². The van der Waals surface area contributed by atoms with Crippen molar-refractivity contribution in [3.8, 4) is 6.07 Å². The fourth-order valence-corrected chi connectivity index (χ4v) is 2.55. The molecule has 19 heavy (non-hydrogen) atoms. The van der Waals surface area contributed by atoms with Crippen LogP contribution in [0, 0.1) is 17.2 Å². The molecule has 1 fully saturated rings. The lowest BCUT2D eigenvalue weighted by atomic mass is 10.0. The zero-order valence-corrected chi connectivity index (χ0v) is 12.1. The Kier molecular flexibility index (Phi) is 5.81. The van der Waals surface area contributed by atoms with Gasteiger partial charge in [-0.05, 0) is 18.8 Å². The van der Waals surface area contributed by atoms with Crippen LogP contribution in [-0.2, 0) is 9.59 Å². The zero-order chi connectivity index (χ0) is 14.4. The number of hydrogen-bond donors (Lipinski definition) is 0. The van der Waals surface area contributed by atoms with E-state index >= 15 is 0 Å². The Morgan fingerprint density at radius 2 is 2.21 bits per heavy atom. The Labute approximate surface area is 115 Å². The highest BCUT2D eigenvalue weighted by Crippen LogP contribution is 2.21. The van der Waals surface area contributed by atoms with E-state index in [9.17, 15) is 9.59 Å². The molecule has 0 aromatic carbocycles. The van der Waals surface area contributed by atoms with Gasteiger partial charge in [-0.2, -0.15) is 5.26 Å². The Balaban J connectivity index is 2.88. The van der Waals surface area contributed by atoms with Crippen LogP contribution in [0.1, 0.15) is 40.0 Å². The number of rotatable bonds is 6. The van der Waals surface area contributed by atoms with Gasteiger partial charge in [0.2, 0.25) is 11.8 Å². The second-order valence-corrected chi connectivity index (χ2v) is 5.30. The fourth-order valence-electron chi connectivity index (χ4n) is 2.55. The van der Waals surface area contributed by atoms with Gasteiger partial charge in [0, 0.05) is 19.5 Å². The molecule has 1 rings (SSSR count). The molecule has 5 nitrogen and oxygen atoms in total. The molecule has 106 valence electrons. The largest absolute Gasteiger partial charge is 0.330 e. The average molecular weight is 265 g/mol. The van der Waals surface area contributed by atoms with E-state index in [1.807, 2.05) is 26.8 Å². The van der Waals surface area contributed by atoms with E-state index in [0.717, 1.165) is 12.8 Å². The van der Waals surface area contributed by atoms with E-state index in [4.69, 9.17) is 5.26 Å². The van der Waals surface area contributed by atoms with Crippen LogP contribution in [-0.4, -0.2) is 47.3 Å². The van der Waals surface area contributed by atoms with Gasteiger partial charge in [0.15, 0.2) is 0 Å². The maximum Gasteiger partial charge on any atom is 0.246 e. The van der Waals surface area contributed by atoms with Gasteiger partial charge in [-0.25, -0.2) is 0 Å². The lowest BCUT2D eigenvalue weighted by Gasteiger charge is -2.33. The van der Waals surface area contributed by atoms with E-state index in [0.29, 0.717) is 19.5 Å². The van der Waals surface area contributed by atoms with Crippen molar-refractivity contribution in [3.05, 3.63) is 0 Å². The minimum absolute atomic E-state index is 0.0560. The summed E-state index contributed by atoms with van der Waals surface area (Å²) in [5.41, 5.74) is 0. The van der Waals surface area contributed by atoms with E-state index in [1.165, 1.54) is 0 Å². The van der Waals surface area contributed by atoms with Gasteiger partial charge in [0.25, 0.3) is 0 Å². The summed E-state index contributed by atoms with van der Waals surface area (Å²) in [6.45, 7) is 7.19. The van der Waals surface area contributed by atoms with Gasteiger partial charge < -0.3 is 9.80 Å². The lowest BCUT2D eigenvalue weighted by molar-refractivity contribution is -0.145. The number of hydrogen-bond acceptors (Lipinski definition) is 3. The van der Waals surface area contributed by atoms with Crippen LogP contribution in [0.25, 0.3) is 0 Å². The molecule has 1 heterocycles. The highest BCUT2D eigenvalue weighted by Gasteiger charge is 2.36. The van der Waals surface area contributed by atoms with Crippen LogP contribution < -0.4 is 0 Å². The Hall–Kier alpha value is -1.57. The monoisotopic (exact) mass is 265 g/mol. The highest BCUT2D eigenvalue weighted by atomic mass is 16.2. The average Bonchev–Trinajstić information content (AvgIpc) is 2.75. The molecule has 1 aliphatic rings. The van der Waals surface area contributed by atoms with Gasteiger partial charge in [0.05, 0.1) is 6.07 Å².